The molecule has 0 unspecified atom stereocenters. The van der Waals surface area contributed by atoms with E-state index in [1.165, 1.54) is 5.56 Å². The Bertz CT molecular complexity index is 627. The van der Waals surface area contributed by atoms with E-state index in [0.717, 1.165) is 40.6 Å². The molecule has 1 heterocycles. The number of nitrogens with zero attached hydrogens (tertiary/aromatic N) is 3. The highest BCUT2D eigenvalue weighted by Gasteiger charge is 2.07. The number of hydrogen-bond donors (Lipinski definition) is 1. The molecule has 0 aliphatic carbocycles. The van der Waals surface area contributed by atoms with Crippen LogP contribution in [0.15, 0.2) is 39.1 Å². The Kier molecular flexibility index (Phi) is 9.08. The molecule has 0 radical (unpaired) electrons. The maximum Gasteiger partial charge on any atom is 0.193 e. The van der Waals surface area contributed by atoms with Crippen LogP contribution in [-0.2, 0) is 13.0 Å². The zero-order valence-corrected chi connectivity index (χ0v) is 18.3. The van der Waals surface area contributed by atoms with E-state index in [-0.39, 0.29) is 24.0 Å². The van der Waals surface area contributed by atoms with E-state index >= 15 is 0 Å². The van der Waals surface area contributed by atoms with Gasteiger partial charge >= 0.3 is 0 Å². The van der Waals surface area contributed by atoms with E-state index in [1.807, 2.05) is 21.0 Å². The van der Waals surface area contributed by atoms with Gasteiger partial charge in [0.15, 0.2) is 5.96 Å². The second-order valence-electron chi connectivity index (χ2n) is 5.06. The maximum atomic E-state index is 4.47. The molecule has 2 aromatic rings. The molecule has 0 fully saturated rings. The van der Waals surface area contributed by atoms with E-state index in [9.17, 15) is 0 Å². The third kappa shape index (κ3) is 6.76. The molecular weight excluding hydrogens is 487 g/mol. The smallest absolute Gasteiger partial charge is 0.193 e. The third-order valence-corrected chi connectivity index (χ3v) is 4.59. The third-order valence-electron chi connectivity index (χ3n) is 3.24. The van der Waals surface area contributed by atoms with Crippen molar-refractivity contribution in [3.05, 3.63) is 50.4 Å². The normalized spacial score (nSPS) is 11.0. The van der Waals surface area contributed by atoms with Crippen LogP contribution in [0.3, 0.4) is 0 Å². The molecule has 0 saturated carbocycles. The summed E-state index contributed by atoms with van der Waals surface area (Å²) in [5.74, 6) is 0.898. The Labute approximate surface area is 167 Å². The number of benzene rings is 1. The number of nitrogens with one attached hydrogen (secondary N) is 1. The van der Waals surface area contributed by atoms with Gasteiger partial charge in [0.25, 0.3) is 0 Å². The average molecular weight is 509 g/mol. The fourth-order valence-corrected chi connectivity index (χ4v) is 3.06. The van der Waals surface area contributed by atoms with Crippen LogP contribution in [-0.4, -0.2) is 36.5 Å². The van der Waals surface area contributed by atoms with Crippen molar-refractivity contribution in [1.82, 2.24) is 15.2 Å². The van der Waals surface area contributed by atoms with Crippen molar-refractivity contribution >= 4 is 57.2 Å². The summed E-state index contributed by atoms with van der Waals surface area (Å²) in [7, 11) is 3.86. The first-order chi connectivity index (χ1) is 10.6. The predicted molar refractivity (Wildman–Crippen MR) is 113 cm³/mol. The quantitative estimate of drug-likeness (QED) is 0.376. The van der Waals surface area contributed by atoms with Gasteiger partial charge < -0.3 is 10.2 Å². The molecule has 0 saturated heterocycles. The number of halogens is 2. The minimum absolute atomic E-state index is 0. The van der Waals surface area contributed by atoms with Crippen molar-refractivity contribution in [1.29, 1.82) is 0 Å². The van der Waals surface area contributed by atoms with Crippen molar-refractivity contribution in [2.75, 3.05) is 20.6 Å². The molecule has 126 valence electrons. The summed E-state index contributed by atoms with van der Waals surface area (Å²) in [6, 6.07) is 8.35. The molecule has 0 spiro atoms. The molecule has 4 nitrogen and oxygen atoms in total. The first kappa shape index (κ1) is 20.4. The number of thiazole rings is 1. The molecule has 7 heteroatoms. The zero-order valence-electron chi connectivity index (χ0n) is 13.5. The maximum absolute atomic E-state index is 4.47. The number of aryl methyl sites for hydroxylation is 1. The molecule has 1 N–H and O–H groups in total. The zero-order chi connectivity index (χ0) is 15.9. The van der Waals surface area contributed by atoms with Gasteiger partial charge in [0.2, 0.25) is 0 Å². The van der Waals surface area contributed by atoms with Crippen molar-refractivity contribution in [3.8, 4) is 0 Å². The molecule has 23 heavy (non-hydrogen) atoms. The highest BCUT2D eigenvalue weighted by atomic mass is 127. The Balaban J connectivity index is 0.00000264. The van der Waals surface area contributed by atoms with Crippen molar-refractivity contribution in [3.63, 3.8) is 0 Å². The lowest BCUT2D eigenvalue weighted by molar-refractivity contribution is 0.477. The van der Waals surface area contributed by atoms with Gasteiger partial charge in [-0.05, 0) is 24.6 Å². The largest absolute Gasteiger partial charge is 0.356 e. The lowest BCUT2D eigenvalue weighted by Gasteiger charge is -2.22. The lowest BCUT2D eigenvalue weighted by Crippen LogP contribution is -2.39. The second kappa shape index (κ2) is 10.2. The van der Waals surface area contributed by atoms with Crippen LogP contribution >= 0.6 is 51.2 Å². The van der Waals surface area contributed by atoms with Gasteiger partial charge in [-0.15, -0.1) is 35.3 Å². The monoisotopic (exact) mass is 508 g/mol. The van der Waals surface area contributed by atoms with Crippen molar-refractivity contribution in [2.45, 2.75) is 19.9 Å². The minimum Gasteiger partial charge on any atom is -0.356 e. The summed E-state index contributed by atoms with van der Waals surface area (Å²) in [5, 5.41) is 6.62. The molecule has 0 aliphatic rings. The Morgan fingerprint density at radius 1 is 1.35 bits per heavy atom. The van der Waals surface area contributed by atoms with Gasteiger partial charge in [0, 0.05) is 43.5 Å². The first-order valence-electron chi connectivity index (χ1n) is 7.15. The molecular formula is C16H22BrIN4S. The highest BCUT2D eigenvalue weighted by Crippen LogP contribution is 2.12. The van der Waals surface area contributed by atoms with Crippen LogP contribution in [0.4, 0.5) is 0 Å². The number of aliphatic imine (C=N–C) groups is 1. The van der Waals surface area contributed by atoms with Gasteiger partial charge in [0.05, 0.1) is 10.7 Å². The predicted octanol–water partition coefficient (Wildman–Crippen LogP) is 4.08. The molecule has 2 rings (SSSR count). The van der Waals surface area contributed by atoms with Crippen LogP contribution in [0, 0.1) is 6.92 Å². The van der Waals surface area contributed by atoms with Crippen LogP contribution in [0.5, 0.6) is 0 Å². The molecule has 0 aliphatic heterocycles. The van der Waals surface area contributed by atoms with E-state index < -0.39 is 0 Å². The summed E-state index contributed by atoms with van der Waals surface area (Å²) in [6.07, 6.45) is 0.912. The van der Waals surface area contributed by atoms with Crippen molar-refractivity contribution in [2.24, 2.45) is 4.99 Å². The topological polar surface area (TPSA) is 40.5 Å². The number of rotatable bonds is 5. The van der Waals surface area contributed by atoms with Gasteiger partial charge in [-0.25, -0.2) is 4.98 Å². The lowest BCUT2D eigenvalue weighted by atomic mass is 10.2. The Morgan fingerprint density at radius 3 is 2.61 bits per heavy atom. The minimum atomic E-state index is 0. The van der Waals surface area contributed by atoms with Crippen molar-refractivity contribution < 1.29 is 0 Å². The SMILES string of the molecule is CN=C(NCCc1csc(C)n1)N(C)Cc1ccc(Br)cc1.I. The van der Waals surface area contributed by atoms with E-state index in [4.69, 9.17) is 0 Å². The fraction of sp³-hybridized carbons (Fsp3) is 0.375. The van der Waals surface area contributed by atoms with Gasteiger partial charge in [0.1, 0.15) is 0 Å². The van der Waals surface area contributed by atoms with Crippen LogP contribution in [0.25, 0.3) is 0 Å². The summed E-state index contributed by atoms with van der Waals surface area (Å²) in [6.45, 7) is 3.69. The standard InChI is InChI=1S/C16H21BrN4S.HI/c1-12-20-15(11-22-12)8-9-19-16(18-2)21(3)10-13-4-6-14(17)7-5-13;/h4-7,11H,8-10H2,1-3H3,(H,18,19);1H. The molecule has 1 aromatic heterocycles. The second-order valence-corrected chi connectivity index (χ2v) is 7.04. The summed E-state index contributed by atoms with van der Waals surface area (Å²) in [4.78, 5) is 10.9. The fourth-order valence-electron chi connectivity index (χ4n) is 2.15. The Morgan fingerprint density at radius 2 is 2.04 bits per heavy atom. The van der Waals surface area contributed by atoms with Crippen LogP contribution < -0.4 is 5.32 Å². The van der Waals surface area contributed by atoms with Gasteiger partial charge in [-0.1, -0.05) is 28.1 Å². The molecule has 0 amide bonds. The molecule has 0 bridgehead atoms. The van der Waals surface area contributed by atoms with Crippen LogP contribution in [0.1, 0.15) is 16.3 Å². The summed E-state index contributed by atoms with van der Waals surface area (Å²) >= 11 is 5.15. The summed E-state index contributed by atoms with van der Waals surface area (Å²) in [5.41, 5.74) is 2.39. The summed E-state index contributed by atoms with van der Waals surface area (Å²) < 4.78 is 1.10. The number of aromatic nitrogens is 1. The van der Waals surface area contributed by atoms with Crippen LogP contribution in [0.2, 0.25) is 0 Å². The highest BCUT2D eigenvalue weighted by molar-refractivity contribution is 14.0. The van der Waals surface area contributed by atoms with E-state index in [2.05, 4.69) is 65.8 Å². The first-order valence-corrected chi connectivity index (χ1v) is 8.83. The number of hydrogen-bond acceptors (Lipinski definition) is 3. The molecule has 1 aromatic carbocycles. The number of guanidine groups is 1. The Hall–Kier alpha value is -0.670. The molecule has 0 atom stereocenters. The van der Waals surface area contributed by atoms with E-state index in [1.54, 1.807) is 11.3 Å². The van der Waals surface area contributed by atoms with Gasteiger partial charge in [-0.3, -0.25) is 4.99 Å². The average Bonchev–Trinajstić information content (AvgIpc) is 2.91. The van der Waals surface area contributed by atoms with Gasteiger partial charge in [-0.2, -0.15) is 0 Å². The van der Waals surface area contributed by atoms with E-state index in [0.29, 0.717) is 0 Å².